The zero-order chi connectivity index (χ0) is 83.3. The molecule has 0 saturated carbocycles. The van der Waals surface area contributed by atoms with Gasteiger partial charge in [-0.1, -0.05) is 60.5 Å². The molecule has 0 unspecified atom stereocenters. The molecule has 4 aliphatic rings. The molecule has 4 rings (SSSR count). The van der Waals surface area contributed by atoms with Crippen LogP contribution in [0, 0.1) is 77.9 Å². The van der Waals surface area contributed by atoms with Gasteiger partial charge in [0.1, 0.15) is 59.5 Å². The number of Topliss-reactive ketones (excluding diaryl/α,β-unsaturated/α-hetero) is 4. The molecular formula is C80H144N6O22. The summed E-state index contributed by atoms with van der Waals surface area (Å²) in [5.74, 6) is -0.630. The third-order valence-corrected chi connectivity index (χ3v) is 22.2. The van der Waals surface area contributed by atoms with Crippen molar-refractivity contribution in [3.63, 3.8) is 0 Å². The summed E-state index contributed by atoms with van der Waals surface area (Å²) in [6, 6.07) is -0.447. The molecule has 0 spiro atoms. The number of ketones is 4. The number of nitrogens with zero attached hydrogens (tertiary/aromatic N) is 5. The number of cyclic esters (lactones) is 2. The molecule has 108 heavy (non-hydrogen) atoms. The molecule has 0 aromatic heterocycles. The van der Waals surface area contributed by atoms with E-state index in [0.717, 1.165) is 26.6 Å². The Hall–Kier alpha value is -4.51. The number of hydrogen-bond donors (Lipinski definition) is 7. The fourth-order valence-electron chi connectivity index (χ4n) is 15.4. The maximum absolute atomic E-state index is 14.2. The van der Waals surface area contributed by atoms with E-state index in [2.05, 4.69) is 31.6 Å². The predicted octanol–water partition coefficient (Wildman–Crippen LogP) is 5.66. The van der Waals surface area contributed by atoms with E-state index >= 15 is 0 Å². The molecule has 626 valence electrons. The smallest absolute Gasteiger partial charge is 0.316 e. The number of ether oxygens (including phenoxy) is 8. The van der Waals surface area contributed by atoms with E-state index in [1.54, 1.807) is 48.5 Å². The Bertz CT molecular complexity index is 2840. The van der Waals surface area contributed by atoms with Crippen molar-refractivity contribution < 1.29 is 107 Å². The van der Waals surface area contributed by atoms with E-state index in [4.69, 9.17) is 66.6 Å². The number of esters is 2. The highest BCUT2D eigenvalue weighted by Crippen LogP contribution is 2.43. The number of hydrogen-bond acceptors (Lipinski definition) is 28. The van der Waals surface area contributed by atoms with Gasteiger partial charge >= 0.3 is 11.9 Å². The van der Waals surface area contributed by atoms with Crippen LogP contribution in [0.4, 0.5) is 0 Å². The molecule has 0 radical (unpaired) electrons. The van der Waals surface area contributed by atoms with E-state index in [1.807, 2.05) is 79.8 Å². The van der Waals surface area contributed by atoms with Crippen molar-refractivity contribution >= 4 is 40.8 Å². The fraction of sp³-hybridized carbons (Fsp3) is 0.863. The number of likely N-dealkylation sites (N-methyl/N-ethyl adjacent to an activating group) is 1. The topological polar surface area (TPSA) is 367 Å². The first-order valence-corrected chi connectivity index (χ1v) is 38.6. The largest absolute Gasteiger partial charge is 0.459 e. The number of carbonyl (C=O) groups is 6. The van der Waals surface area contributed by atoms with Crippen molar-refractivity contribution in [1.29, 1.82) is 0 Å². The summed E-state index contributed by atoms with van der Waals surface area (Å²) in [6.45, 7) is 32.1. The van der Waals surface area contributed by atoms with Crippen molar-refractivity contribution in [1.82, 2.24) is 19.6 Å². The third-order valence-electron chi connectivity index (χ3n) is 22.2. The van der Waals surface area contributed by atoms with Gasteiger partial charge in [-0.25, -0.2) is 5.90 Å². The van der Waals surface area contributed by atoms with E-state index in [-0.39, 0.29) is 68.0 Å². The van der Waals surface area contributed by atoms with Crippen molar-refractivity contribution in [2.24, 2.45) is 64.3 Å². The van der Waals surface area contributed by atoms with Crippen LogP contribution in [0.2, 0.25) is 0 Å². The molecule has 28 heteroatoms. The van der Waals surface area contributed by atoms with Gasteiger partial charge in [-0.15, -0.1) is 24.7 Å². The van der Waals surface area contributed by atoms with Crippen LogP contribution in [0.3, 0.4) is 0 Å². The SMILES string of the molecule is C#CCCN(C)[C@H]1C[C@@H](C)O[C@@H](O[C@@H]2[C@@H](C)C(=O)[C@@H](C)C(=O)O[C@H](CC)[C@@](C)(O)[C@H](O)[C@@H](C)/C(=N/OCCCN(C)C)[C@H](C)C[C@@]2(C)OC)[C@@H]1O.C#CCCN(C)[C@H]1C[C@@H](C)O[C@@H](O[C@@H]2[C@@H](C)C(=O)[C@@H](C)C(=O)O[C@H](CC)[C@@](C)(O)[C@H](O)[C@@H](C)C(=O)[C@H](C)C[C@@]2(C)OC)[C@@H]1CC(C)=O.CN(C)CCCON.CO. The minimum atomic E-state index is -1.96. The number of aliphatic hydroxyl groups is 6. The van der Waals surface area contributed by atoms with Crippen LogP contribution in [0.15, 0.2) is 5.16 Å². The molecule has 0 bridgehead atoms. The summed E-state index contributed by atoms with van der Waals surface area (Å²) in [7, 11) is 15.8. The van der Waals surface area contributed by atoms with Gasteiger partial charge in [-0.05, 0) is 163 Å². The summed E-state index contributed by atoms with van der Waals surface area (Å²) in [6.07, 6.45) is 4.76. The standard InChI is InChI=1S/C38H67N3O10.C36H59NO10.C5H14N2O.CH4O/c1-14-16-19-41(12)28-21-24(4)49-36(32(28)43)51-34-26(6)31(42)27(7)35(45)50-29(15-2)38(9,46)33(44)25(5)30(23(3)22-37(34,8)47-13)39-48-20-17-18-40(10)11;1-13-15-16-37(11)27-18-22(5)45-34(26(27)17-21(4)38)47-32-24(7)30(40)25(8)33(42)46-28(14-2)36(10,43)31(41)23(6)29(39)20(3)19-35(32,9)44-12;1-7(2)4-3-5-8-6;1-2/h1,23-29,32-34,36,43-44,46H,15-22H2,2-13H3;1,20,22-28,31-32,34,41,43H,14-19H2,2-12H3;3-6H2,1-2H3;2H,1H3/b39-30+;;;/t23-,24-,25+,26+,27-,28+,29-,32-,33-,34-,36+,37-,38-;20-,22-,23+,24+,25-,26-,27+,28-,31-,32-,34+,35-,36-;;/m11../s1. The van der Waals surface area contributed by atoms with Gasteiger partial charge < -0.3 is 97.7 Å². The molecule has 26 atom stereocenters. The highest BCUT2D eigenvalue weighted by molar-refractivity contribution is 6.01. The molecule has 0 aliphatic carbocycles. The first kappa shape index (κ1) is 101. The van der Waals surface area contributed by atoms with Gasteiger partial charge in [0.25, 0.3) is 0 Å². The van der Waals surface area contributed by atoms with Crippen LogP contribution >= 0.6 is 0 Å². The van der Waals surface area contributed by atoms with E-state index in [0.29, 0.717) is 64.1 Å². The van der Waals surface area contributed by atoms with Crippen LogP contribution in [0.5, 0.6) is 0 Å². The lowest BCUT2D eigenvalue weighted by molar-refractivity contribution is -0.295. The number of aliphatic hydroxyl groups excluding tert-OH is 4. The van der Waals surface area contributed by atoms with E-state index in [9.17, 15) is 54.3 Å². The van der Waals surface area contributed by atoms with Crippen LogP contribution < -0.4 is 5.90 Å². The lowest BCUT2D eigenvalue weighted by atomic mass is 9.74. The van der Waals surface area contributed by atoms with Crippen molar-refractivity contribution in [2.75, 3.05) is 103 Å². The first-order valence-electron chi connectivity index (χ1n) is 38.6. The normalized spacial score (nSPS) is 37.6. The molecule has 8 N–H and O–H groups in total. The van der Waals surface area contributed by atoms with Gasteiger partial charge in [0.2, 0.25) is 0 Å². The Morgan fingerprint density at radius 3 is 1.40 bits per heavy atom. The van der Waals surface area contributed by atoms with Gasteiger partial charge in [0.05, 0.1) is 60.1 Å². The number of terminal acetylenes is 2. The molecule has 0 amide bonds. The minimum absolute atomic E-state index is 0.0498. The lowest BCUT2D eigenvalue weighted by Gasteiger charge is -2.48. The van der Waals surface area contributed by atoms with Crippen LogP contribution in [0.1, 0.15) is 188 Å². The van der Waals surface area contributed by atoms with Gasteiger partial charge in [-0.3, -0.25) is 28.9 Å². The summed E-state index contributed by atoms with van der Waals surface area (Å²) < 4.78 is 49.7. The number of oxime groups is 1. The molecule has 4 saturated heterocycles. The monoisotopic (exact) mass is 1540 g/mol. The highest BCUT2D eigenvalue weighted by atomic mass is 16.7. The first-order chi connectivity index (χ1) is 50.3. The average molecular weight is 1540 g/mol. The van der Waals surface area contributed by atoms with Crippen molar-refractivity contribution in [3.05, 3.63) is 0 Å². The Balaban J connectivity index is 0.000000960. The van der Waals surface area contributed by atoms with Crippen molar-refractivity contribution in [3.8, 4) is 24.7 Å². The Morgan fingerprint density at radius 1 is 0.593 bits per heavy atom. The molecular weight excluding hydrogens is 1400 g/mol. The average Bonchev–Trinajstić information content (AvgIpc) is 0.781. The Kier molecular flexibility index (Phi) is 45.0. The fourth-order valence-corrected chi connectivity index (χ4v) is 15.4. The zero-order valence-electron chi connectivity index (χ0n) is 70.4. The van der Waals surface area contributed by atoms with Gasteiger partial charge in [0.15, 0.2) is 24.1 Å². The summed E-state index contributed by atoms with van der Waals surface area (Å²) in [4.78, 5) is 99.9. The van der Waals surface area contributed by atoms with Gasteiger partial charge in [0, 0.05) is 114 Å². The Labute approximate surface area is 647 Å². The Morgan fingerprint density at radius 2 is 0.991 bits per heavy atom. The molecule has 4 heterocycles. The third kappa shape index (κ3) is 28.8. The minimum Gasteiger partial charge on any atom is -0.459 e. The zero-order valence-corrected chi connectivity index (χ0v) is 70.4. The highest BCUT2D eigenvalue weighted by Gasteiger charge is 2.55. The molecule has 4 aliphatic heterocycles. The summed E-state index contributed by atoms with van der Waals surface area (Å²) in [5, 5.41) is 69.1. The second kappa shape index (κ2) is 47.9. The maximum Gasteiger partial charge on any atom is 0.316 e. The predicted molar refractivity (Wildman–Crippen MR) is 412 cm³/mol. The number of carbonyl (C=O) groups excluding carboxylic acids is 6. The lowest BCUT2D eigenvalue weighted by Crippen LogP contribution is -2.60. The number of rotatable bonds is 25. The van der Waals surface area contributed by atoms with Crippen LogP contribution in [-0.4, -0.2) is 296 Å². The van der Waals surface area contributed by atoms with E-state index in [1.165, 1.54) is 55.8 Å². The molecule has 0 aromatic rings. The molecule has 0 aromatic carbocycles. The molecule has 28 nitrogen and oxygen atoms in total. The maximum atomic E-state index is 14.2. The van der Waals surface area contributed by atoms with E-state index < -0.39 is 154 Å². The van der Waals surface area contributed by atoms with Crippen LogP contribution in [-0.2, 0) is 76.3 Å². The number of methoxy groups -OCH3 is 2. The number of nitrogens with two attached hydrogens (primary N) is 1. The van der Waals surface area contributed by atoms with Crippen molar-refractivity contribution in [2.45, 2.75) is 290 Å². The van der Waals surface area contributed by atoms with Crippen LogP contribution in [0.25, 0.3) is 0 Å². The molecule has 4 fully saturated rings. The summed E-state index contributed by atoms with van der Waals surface area (Å²) >= 11 is 0. The second-order valence-corrected chi connectivity index (χ2v) is 31.9. The summed E-state index contributed by atoms with van der Waals surface area (Å²) in [5.41, 5.74) is -5.88. The quantitative estimate of drug-likeness (QED) is 0.0191. The second-order valence-electron chi connectivity index (χ2n) is 31.9. The van der Waals surface area contributed by atoms with Gasteiger partial charge in [-0.2, -0.15) is 0 Å².